The summed E-state index contributed by atoms with van der Waals surface area (Å²) in [6.45, 7) is 0. The highest BCUT2D eigenvalue weighted by Gasteiger charge is 2.37. The summed E-state index contributed by atoms with van der Waals surface area (Å²) in [7, 11) is 0. The average Bonchev–Trinajstić information content (AvgIpc) is 4.00. The standard InChI is InChI=1S/C52H36N6O/c1-6-16-44-39(11-1)40-12-2-7-17-45(40)57(44)37-29-25-34(26-30-37)50-54-49(33-21-23-36(24-22-33)52-53-43-15-5-10-20-48(43)59-52)55-51(56-50)35-27-31-38(32-28-35)58-46-18-8-3-13-41(46)42-14-4-9-19-47(42)58/h1-3,5-13,15-32,39,44H,4,14H2. The molecule has 7 nitrogen and oxygen atoms in total. The Morgan fingerprint density at radius 1 is 0.559 bits per heavy atom. The first-order chi connectivity index (χ1) is 29.2. The second-order valence-electron chi connectivity index (χ2n) is 15.3. The van der Waals surface area contributed by atoms with Gasteiger partial charge in [0.1, 0.15) is 5.52 Å². The second kappa shape index (κ2) is 13.5. The Hall–Kier alpha value is -7.64. The Kier molecular flexibility index (Phi) is 7.66. The van der Waals surface area contributed by atoms with E-state index in [4.69, 9.17) is 24.4 Å². The van der Waals surface area contributed by atoms with Crippen molar-refractivity contribution in [1.82, 2.24) is 24.5 Å². The Balaban J connectivity index is 0.936. The van der Waals surface area contributed by atoms with Crippen molar-refractivity contribution in [3.8, 4) is 51.3 Å². The molecule has 3 aliphatic rings. The lowest BCUT2D eigenvalue weighted by atomic mass is 9.91. The quantitative estimate of drug-likeness (QED) is 0.168. The molecule has 280 valence electrons. The molecule has 4 heterocycles. The van der Waals surface area contributed by atoms with Crippen LogP contribution in [-0.2, 0) is 6.42 Å². The van der Waals surface area contributed by atoms with E-state index in [1.54, 1.807) is 0 Å². The minimum atomic E-state index is 0.227. The van der Waals surface area contributed by atoms with E-state index in [9.17, 15) is 0 Å². The SMILES string of the molecule is C1=CC2c3ccccc3N(c3ccc(-c4nc(-c5ccc(-c6nc7ccccc7o6)cc5)nc(-c5ccc(-n6c7c(c8ccccc86)CCC=C7)cc5)n4)cc3)C2C=C1. The third kappa shape index (κ3) is 5.57. The molecule has 7 heteroatoms. The first-order valence-corrected chi connectivity index (χ1v) is 20.2. The number of hydrogen-bond donors (Lipinski definition) is 0. The number of rotatable bonds is 6. The van der Waals surface area contributed by atoms with Gasteiger partial charge >= 0.3 is 0 Å². The second-order valence-corrected chi connectivity index (χ2v) is 15.3. The number of allylic oxidation sites excluding steroid dienone is 3. The number of nitrogens with zero attached hydrogens (tertiary/aromatic N) is 6. The number of benzene rings is 6. The summed E-state index contributed by atoms with van der Waals surface area (Å²) in [6, 6.07) is 50.8. The smallest absolute Gasteiger partial charge is 0.227 e. The van der Waals surface area contributed by atoms with Crippen LogP contribution >= 0.6 is 0 Å². The van der Waals surface area contributed by atoms with Crippen molar-refractivity contribution in [3.63, 3.8) is 0 Å². The molecule has 59 heavy (non-hydrogen) atoms. The fourth-order valence-corrected chi connectivity index (χ4v) is 9.11. The van der Waals surface area contributed by atoms with Gasteiger partial charge < -0.3 is 13.9 Å². The van der Waals surface area contributed by atoms with Gasteiger partial charge in [-0.05, 0) is 115 Å². The average molecular weight is 761 g/mol. The number of para-hydroxylation sites is 4. The Morgan fingerprint density at radius 2 is 1.19 bits per heavy atom. The van der Waals surface area contributed by atoms with Gasteiger partial charge in [-0.2, -0.15) is 0 Å². The number of aryl methyl sites for hydroxylation is 1. The first kappa shape index (κ1) is 33.5. The summed E-state index contributed by atoms with van der Waals surface area (Å²) in [5, 5.41) is 1.32. The monoisotopic (exact) mass is 760 g/mol. The molecule has 0 N–H and O–H groups in total. The van der Waals surface area contributed by atoms with Crippen molar-refractivity contribution >= 4 is 39.5 Å². The van der Waals surface area contributed by atoms with Gasteiger partial charge in [-0.1, -0.05) is 91.0 Å². The molecule has 0 saturated heterocycles. The van der Waals surface area contributed by atoms with Gasteiger partial charge in [0.2, 0.25) is 5.89 Å². The van der Waals surface area contributed by atoms with Gasteiger partial charge in [0.25, 0.3) is 0 Å². The summed E-state index contributed by atoms with van der Waals surface area (Å²) >= 11 is 0. The van der Waals surface area contributed by atoms with Crippen molar-refractivity contribution in [2.24, 2.45) is 0 Å². The van der Waals surface area contributed by atoms with Crippen LogP contribution in [-0.4, -0.2) is 30.5 Å². The number of hydrogen-bond acceptors (Lipinski definition) is 6. The highest BCUT2D eigenvalue weighted by Crippen LogP contribution is 2.47. The molecular formula is C52H36N6O. The number of fused-ring (bicyclic) bond motifs is 7. The van der Waals surface area contributed by atoms with Crippen molar-refractivity contribution in [1.29, 1.82) is 0 Å². The summed E-state index contributed by atoms with van der Waals surface area (Å²) in [4.78, 5) is 22.5. The fraction of sp³-hybridized carbons (Fsp3) is 0.0769. The molecule has 3 aromatic heterocycles. The minimum absolute atomic E-state index is 0.227. The highest BCUT2D eigenvalue weighted by atomic mass is 16.3. The van der Waals surface area contributed by atoms with E-state index in [-0.39, 0.29) is 6.04 Å². The van der Waals surface area contributed by atoms with Crippen LogP contribution in [0.5, 0.6) is 0 Å². The molecule has 12 rings (SSSR count). The molecule has 9 aromatic rings. The minimum Gasteiger partial charge on any atom is -0.436 e. The van der Waals surface area contributed by atoms with Gasteiger partial charge in [0, 0.05) is 56.3 Å². The predicted octanol–water partition coefficient (Wildman–Crippen LogP) is 12.3. The van der Waals surface area contributed by atoms with Crippen LogP contribution in [0.3, 0.4) is 0 Å². The Bertz CT molecular complexity index is 3140. The molecule has 0 spiro atoms. The molecule has 0 bridgehead atoms. The van der Waals surface area contributed by atoms with Crippen LogP contribution in [0.2, 0.25) is 0 Å². The van der Waals surface area contributed by atoms with Gasteiger partial charge in [-0.25, -0.2) is 19.9 Å². The van der Waals surface area contributed by atoms with Gasteiger partial charge in [-0.15, -0.1) is 0 Å². The molecule has 2 atom stereocenters. The van der Waals surface area contributed by atoms with E-state index in [2.05, 4.69) is 143 Å². The van der Waals surface area contributed by atoms with E-state index in [1.807, 2.05) is 48.5 Å². The van der Waals surface area contributed by atoms with E-state index in [0.717, 1.165) is 57.6 Å². The summed E-state index contributed by atoms with van der Waals surface area (Å²) in [5.41, 5.74) is 13.9. The zero-order valence-electron chi connectivity index (χ0n) is 32.0. The maximum absolute atomic E-state index is 6.07. The van der Waals surface area contributed by atoms with E-state index < -0.39 is 0 Å². The van der Waals surface area contributed by atoms with Gasteiger partial charge in [-0.3, -0.25) is 0 Å². The zero-order valence-corrected chi connectivity index (χ0v) is 32.0. The Morgan fingerprint density at radius 3 is 1.95 bits per heavy atom. The van der Waals surface area contributed by atoms with Crippen molar-refractivity contribution in [2.45, 2.75) is 24.8 Å². The van der Waals surface area contributed by atoms with Gasteiger partial charge in [0.15, 0.2) is 23.1 Å². The molecule has 0 fully saturated rings. The predicted molar refractivity (Wildman–Crippen MR) is 237 cm³/mol. The number of anilines is 2. The Labute approximate surface area is 341 Å². The van der Waals surface area contributed by atoms with Crippen LogP contribution in [0.1, 0.15) is 29.2 Å². The largest absolute Gasteiger partial charge is 0.436 e. The van der Waals surface area contributed by atoms with E-state index in [0.29, 0.717) is 29.3 Å². The number of aromatic nitrogens is 5. The lowest BCUT2D eigenvalue weighted by Gasteiger charge is -2.28. The molecule has 6 aromatic carbocycles. The van der Waals surface area contributed by atoms with Crippen LogP contribution < -0.4 is 4.90 Å². The van der Waals surface area contributed by atoms with Crippen molar-refractivity contribution < 1.29 is 4.42 Å². The first-order valence-electron chi connectivity index (χ1n) is 20.2. The lowest BCUT2D eigenvalue weighted by molar-refractivity contribution is 0.620. The van der Waals surface area contributed by atoms with Crippen LogP contribution in [0, 0.1) is 0 Å². The van der Waals surface area contributed by atoms with E-state index in [1.165, 1.54) is 33.4 Å². The normalized spacial score (nSPS) is 16.4. The third-order valence-corrected chi connectivity index (χ3v) is 11.9. The summed E-state index contributed by atoms with van der Waals surface area (Å²) in [5.74, 6) is 2.71. The summed E-state index contributed by atoms with van der Waals surface area (Å²) in [6.07, 6.45) is 15.6. The highest BCUT2D eigenvalue weighted by molar-refractivity contribution is 5.91. The van der Waals surface area contributed by atoms with Crippen molar-refractivity contribution in [3.05, 3.63) is 193 Å². The van der Waals surface area contributed by atoms with Crippen molar-refractivity contribution in [2.75, 3.05) is 4.90 Å². The summed E-state index contributed by atoms with van der Waals surface area (Å²) < 4.78 is 8.44. The number of oxazole rings is 1. The van der Waals surface area contributed by atoms with Crippen LogP contribution in [0.25, 0.3) is 79.4 Å². The molecule has 1 aliphatic heterocycles. The molecule has 2 aliphatic carbocycles. The third-order valence-electron chi connectivity index (χ3n) is 11.9. The van der Waals surface area contributed by atoms with Crippen LogP contribution in [0.4, 0.5) is 11.4 Å². The molecule has 0 saturated carbocycles. The van der Waals surface area contributed by atoms with E-state index >= 15 is 0 Å². The lowest BCUT2D eigenvalue weighted by Crippen LogP contribution is -2.28. The maximum atomic E-state index is 6.07. The topological polar surface area (TPSA) is 72.9 Å². The fourth-order valence-electron chi connectivity index (χ4n) is 9.11. The molecular weight excluding hydrogens is 725 g/mol. The molecule has 0 amide bonds. The zero-order chi connectivity index (χ0) is 38.9. The van der Waals surface area contributed by atoms with Gasteiger partial charge in [0.05, 0.1) is 11.6 Å². The van der Waals surface area contributed by atoms with Crippen LogP contribution in [0.15, 0.2) is 180 Å². The maximum Gasteiger partial charge on any atom is 0.227 e. The molecule has 0 radical (unpaired) electrons. The molecule has 2 unspecified atom stereocenters.